The van der Waals surface area contributed by atoms with Gasteiger partial charge >= 0.3 is 5.97 Å². The molecule has 0 radical (unpaired) electrons. The molecule has 1 saturated heterocycles. The maximum absolute atomic E-state index is 12.2. The van der Waals surface area contributed by atoms with Gasteiger partial charge in [-0.3, -0.25) is 4.79 Å². The van der Waals surface area contributed by atoms with E-state index in [2.05, 4.69) is 13.8 Å². The van der Waals surface area contributed by atoms with Crippen molar-refractivity contribution in [3.8, 4) is 0 Å². The fourth-order valence-corrected chi connectivity index (χ4v) is 3.28. The fraction of sp³-hybridized carbons (Fsp3) is 0.538. The van der Waals surface area contributed by atoms with Gasteiger partial charge in [0, 0.05) is 30.2 Å². The van der Waals surface area contributed by atoms with Gasteiger partial charge in [-0.15, -0.1) is 0 Å². The summed E-state index contributed by atoms with van der Waals surface area (Å²) in [5, 5.41) is 9.24. The first-order chi connectivity index (χ1) is 8.99. The Kier molecular flexibility index (Phi) is 4.19. The maximum Gasteiger partial charge on any atom is 0.338 e. The molecular formula is C13H17NO4S. The predicted octanol–water partition coefficient (Wildman–Crippen LogP) is 2.19. The molecule has 1 aliphatic rings. The largest absolute Gasteiger partial charge is 0.478 e. The summed E-state index contributed by atoms with van der Waals surface area (Å²) in [6, 6.07) is 1.29. The number of thioether (sulfide) groups is 1. The molecule has 0 aliphatic carbocycles. The van der Waals surface area contributed by atoms with Crippen molar-refractivity contribution in [2.24, 2.45) is 5.92 Å². The number of nitrogens with zero attached hydrogens (tertiary/aromatic N) is 1. The highest BCUT2D eigenvalue weighted by Crippen LogP contribution is 2.26. The topological polar surface area (TPSA) is 70.8 Å². The van der Waals surface area contributed by atoms with E-state index in [0.29, 0.717) is 24.3 Å². The van der Waals surface area contributed by atoms with Crippen LogP contribution in [0.4, 0.5) is 0 Å². The molecule has 1 atom stereocenters. The van der Waals surface area contributed by atoms with Crippen molar-refractivity contribution in [1.29, 1.82) is 0 Å². The molecule has 5 nitrogen and oxygen atoms in total. The van der Waals surface area contributed by atoms with E-state index in [1.165, 1.54) is 6.07 Å². The molecule has 1 aliphatic heterocycles. The van der Waals surface area contributed by atoms with Crippen LogP contribution in [-0.2, 0) is 0 Å². The van der Waals surface area contributed by atoms with Gasteiger partial charge < -0.3 is 14.4 Å². The third-order valence-electron chi connectivity index (χ3n) is 3.18. The van der Waals surface area contributed by atoms with Crippen LogP contribution in [-0.4, -0.2) is 46.0 Å². The number of rotatable bonds is 3. The molecule has 1 unspecified atom stereocenters. The van der Waals surface area contributed by atoms with E-state index in [-0.39, 0.29) is 17.2 Å². The van der Waals surface area contributed by atoms with Crippen LogP contribution < -0.4 is 0 Å². The molecule has 2 heterocycles. The van der Waals surface area contributed by atoms with Crippen molar-refractivity contribution in [1.82, 2.24) is 4.90 Å². The third-order valence-corrected chi connectivity index (χ3v) is 4.72. The van der Waals surface area contributed by atoms with Crippen LogP contribution in [0.1, 0.15) is 34.8 Å². The monoisotopic (exact) mass is 283 g/mol. The van der Waals surface area contributed by atoms with Crippen LogP contribution in [0.25, 0.3) is 0 Å². The molecule has 2 rings (SSSR count). The Balaban J connectivity index is 2.08. The van der Waals surface area contributed by atoms with Crippen molar-refractivity contribution >= 4 is 23.6 Å². The Morgan fingerprint density at radius 3 is 2.84 bits per heavy atom. The van der Waals surface area contributed by atoms with Crippen molar-refractivity contribution in [2.75, 3.05) is 18.8 Å². The van der Waals surface area contributed by atoms with Gasteiger partial charge in [0.05, 0.1) is 5.56 Å². The van der Waals surface area contributed by atoms with Crippen molar-refractivity contribution < 1.29 is 19.1 Å². The van der Waals surface area contributed by atoms with E-state index < -0.39 is 5.97 Å². The van der Waals surface area contributed by atoms with Gasteiger partial charge in [0.2, 0.25) is 0 Å². The lowest BCUT2D eigenvalue weighted by Gasteiger charge is -2.33. The lowest BCUT2D eigenvalue weighted by molar-refractivity contribution is 0.0693. The number of carboxylic acids is 1. The molecule has 1 N–H and O–H groups in total. The minimum atomic E-state index is -1.09. The second kappa shape index (κ2) is 5.69. The average Bonchev–Trinajstić information content (AvgIpc) is 2.87. The van der Waals surface area contributed by atoms with Gasteiger partial charge in [-0.25, -0.2) is 4.79 Å². The second-order valence-corrected chi connectivity index (χ2v) is 6.26. The Morgan fingerprint density at radius 2 is 2.26 bits per heavy atom. The van der Waals surface area contributed by atoms with Gasteiger partial charge in [0.25, 0.3) is 5.91 Å². The number of furan rings is 1. The van der Waals surface area contributed by atoms with Crippen molar-refractivity contribution in [2.45, 2.75) is 19.1 Å². The standard InChI is InChI=1S/C13H17NO4S/c1-8(2)11-6-14(3-4-19-11)12(15)10-5-9(7-18-10)13(16)17/h5,7-8,11H,3-4,6H2,1-2H3,(H,16,17). The summed E-state index contributed by atoms with van der Waals surface area (Å²) < 4.78 is 5.06. The molecule has 0 saturated carbocycles. The molecule has 1 amide bonds. The smallest absolute Gasteiger partial charge is 0.338 e. The lowest BCUT2D eigenvalue weighted by atomic mass is 10.1. The zero-order valence-corrected chi connectivity index (χ0v) is 11.8. The van der Waals surface area contributed by atoms with E-state index in [0.717, 1.165) is 12.0 Å². The maximum atomic E-state index is 12.2. The Labute approximate surface area is 116 Å². The Bertz CT molecular complexity index is 483. The van der Waals surface area contributed by atoms with Crippen LogP contribution in [0, 0.1) is 5.92 Å². The summed E-state index contributed by atoms with van der Waals surface area (Å²) in [4.78, 5) is 24.7. The van der Waals surface area contributed by atoms with E-state index in [9.17, 15) is 9.59 Å². The molecular weight excluding hydrogens is 266 g/mol. The molecule has 1 fully saturated rings. The first-order valence-corrected chi connectivity index (χ1v) is 7.26. The van der Waals surface area contributed by atoms with E-state index in [1.54, 1.807) is 4.90 Å². The number of hydrogen-bond acceptors (Lipinski definition) is 4. The SMILES string of the molecule is CC(C)C1CN(C(=O)c2cc(C(=O)O)co2)CCS1. The predicted molar refractivity (Wildman–Crippen MR) is 72.7 cm³/mol. The highest BCUT2D eigenvalue weighted by molar-refractivity contribution is 8.00. The van der Waals surface area contributed by atoms with Gasteiger partial charge in [-0.1, -0.05) is 13.8 Å². The first kappa shape index (κ1) is 14.0. The highest BCUT2D eigenvalue weighted by atomic mass is 32.2. The molecule has 1 aromatic heterocycles. The van der Waals surface area contributed by atoms with Crippen LogP contribution in [0.5, 0.6) is 0 Å². The van der Waals surface area contributed by atoms with Crippen LogP contribution in [0.2, 0.25) is 0 Å². The Morgan fingerprint density at radius 1 is 1.53 bits per heavy atom. The minimum Gasteiger partial charge on any atom is -0.478 e. The summed E-state index contributed by atoms with van der Waals surface area (Å²) in [5.74, 6) is 0.204. The van der Waals surface area contributed by atoms with E-state index in [4.69, 9.17) is 9.52 Å². The number of aromatic carboxylic acids is 1. The number of carbonyl (C=O) groups excluding carboxylic acids is 1. The molecule has 6 heteroatoms. The molecule has 0 spiro atoms. The summed E-state index contributed by atoms with van der Waals surface area (Å²) in [6.07, 6.45) is 1.11. The van der Waals surface area contributed by atoms with Crippen LogP contribution in [0.15, 0.2) is 16.7 Å². The molecule has 0 aromatic carbocycles. The van der Waals surface area contributed by atoms with E-state index in [1.807, 2.05) is 11.8 Å². The molecule has 1 aromatic rings. The summed E-state index contributed by atoms with van der Waals surface area (Å²) >= 11 is 1.88. The summed E-state index contributed by atoms with van der Waals surface area (Å²) in [6.45, 7) is 5.64. The van der Waals surface area contributed by atoms with Crippen molar-refractivity contribution in [3.63, 3.8) is 0 Å². The zero-order valence-electron chi connectivity index (χ0n) is 11.0. The summed E-state index contributed by atoms with van der Waals surface area (Å²) in [7, 11) is 0. The quantitative estimate of drug-likeness (QED) is 0.920. The normalized spacial score (nSPS) is 19.7. The van der Waals surface area contributed by atoms with Crippen LogP contribution in [0.3, 0.4) is 0 Å². The number of amides is 1. The number of hydrogen-bond donors (Lipinski definition) is 1. The van der Waals surface area contributed by atoms with Gasteiger partial charge in [-0.05, 0) is 5.92 Å². The molecule has 0 bridgehead atoms. The molecule has 104 valence electrons. The summed E-state index contributed by atoms with van der Waals surface area (Å²) in [5.41, 5.74) is 0.00939. The van der Waals surface area contributed by atoms with Crippen molar-refractivity contribution in [3.05, 3.63) is 23.7 Å². The van der Waals surface area contributed by atoms with Gasteiger partial charge in [0.15, 0.2) is 5.76 Å². The van der Waals surface area contributed by atoms with Crippen LogP contribution >= 0.6 is 11.8 Å². The number of carbonyl (C=O) groups is 2. The lowest BCUT2D eigenvalue weighted by Crippen LogP contribution is -2.43. The van der Waals surface area contributed by atoms with Gasteiger partial charge in [-0.2, -0.15) is 11.8 Å². The average molecular weight is 283 g/mol. The zero-order chi connectivity index (χ0) is 14.0. The highest BCUT2D eigenvalue weighted by Gasteiger charge is 2.28. The second-order valence-electron chi connectivity index (χ2n) is 4.91. The fourth-order valence-electron chi connectivity index (χ4n) is 1.98. The molecule has 19 heavy (non-hydrogen) atoms. The Hall–Kier alpha value is -1.43. The minimum absolute atomic E-state index is 0.00939. The third kappa shape index (κ3) is 3.12. The van der Waals surface area contributed by atoms with E-state index >= 15 is 0 Å². The number of carboxylic acid groups (broad SMARTS) is 1. The van der Waals surface area contributed by atoms with Gasteiger partial charge in [0.1, 0.15) is 6.26 Å². The first-order valence-electron chi connectivity index (χ1n) is 6.21.